The van der Waals surface area contributed by atoms with Crippen molar-refractivity contribution in [3.05, 3.63) is 11.8 Å². The van der Waals surface area contributed by atoms with Crippen molar-refractivity contribution in [2.45, 2.75) is 37.5 Å². The van der Waals surface area contributed by atoms with Crippen molar-refractivity contribution in [2.24, 2.45) is 5.84 Å². The molecule has 1 amide bonds. The molecule has 0 spiro atoms. The van der Waals surface area contributed by atoms with E-state index in [2.05, 4.69) is 10.4 Å². The van der Waals surface area contributed by atoms with Gasteiger partial charge in [-0.15, -0.1) is 0 Å². The zero-order chi connectivity index (χ0) is 16.0. The molecule has 0 fully saturated rings. The molecule has 118 valence electrons. The van der Waals surface area contributed by atoms with E-state index in [1.54, 1.807) is 5.43 Å². The number of fused-ring (bicyclic) bond motifs is 1. The fourth-order valence-corrected chi connectivity index (χ4v) is 2.16. The summed E-state index contributed by atoms with van der Waals surface area (Å²) in [5.74, 6) is -1.07. The molecule has 2 heterocycles. The number of hydrogen-bond acceptors (Lipinski definition) is 4. The van der Waals surface area contributed by atoms with Crippen LogP contribution in [0.2, 0.25) is 0 Å². The maximum atomic E-state index is 13.6. The van der Waals surface area contributed by atoms with E-state index >= 15 is 0 Å². The van der Waals surface area contributed by atoms with Gasteiger partial charge in [0.2, 0.25) is 0 Å². The standard InChI is InChI=1S/C10H12F5N5O/c1-4-2-6(9(11,12)10(13,14)15)20-7(17-4)3-5(19-20)8(21)18-16/h3-4,6,17H,2,16H2,1H3,(H,18,21)/t4-,6+/m0/s1. The van der Waals surface area contributed by atoms with Crippen molar-refractivity contribution >= 4 is 11.7 Å². The van der Waals surface area contributed by atoms with Crippen LogP contribution in [-0.2, 0) is 0 Å². The Labute approximate surface area is 115 Å². The van der Waals surface area contributed by atoms with E-state index in [9.17, 15) is 26.7 Å². The Bertz CT molecular complexity index is 555. The summed E-state index contributed by atoms with van der Waals surface area (Å²) in [5.41, 5.74) is 1.38. The molecule has 0 unspecified atom stereocenters. The number of hydrazine groups is 1. The van der Waals surface area contributed by atoms with Crippen LogP contribution in [0.4, 0.5) is 27.8 Å². The van der Waals surface area contributed by atoms with Crippen LogP contribution in [0, 0.1) is 0 Å². The predicted octanol–water partition coefficient (Wildman–Crippen LogP) is 1.43. The minimum Gasteiger partial charge on any atom is -0.368 e. The van der Waals surface area contributed by atoms with E-state index in [4.69, 9.17) is 5.84 Å². The van der Waals surface area contributed by atoms with Gasteiger partial charge in [-0.1, -0.05) is 0 Å². The van der Waals surface area contributed by atoms with Gasteiger partial charge in [0.1, 0.15) is 11.9 Å². The van der Waals surface area contributed by atoms with Gasteiger partial charge in [0, 0.05) is 12.1 Å². The minimum atomic E-state index is -5.71. The average molecular weight is 313 g/mol. The van der Waals surface area contributed by atoms with Crippen LogP contribution in [0.1, 0.15) is 29.9 Å². The molecule has 1 aliphatic heterocycles. The number of nitrogens with one attached hydrogen (secondary N) is 2. The van der Waals surface area contributed by atoms with Crippen molar-refractivity contribution in [3.8, 4) is 0 Å². The van der Waals surface area contributed by atoms with Gasteiger partial charge in [-0.3, -0.25) is 10.2 Å². The molecule has 1 aliphatic rings. The smallest absolute Gasteiger partial charge is 0.368 e. The lowest BCUT2D eigenvalue weighted by atomic mass is 9.99. The lowest BCUT2D eigenvalue weighted by Crippen LogP contribution is -2.48. The molecular formula is C10H12F5N5O. The highest BCUT2D eigenvalue weighted by atomic mass is 19.4. The number of nitrogens with two attached hydrogens (primary N) is 1. The fraction of sp³-hybridized carbons (Fsp3) is 0.600. The summed E-state index contributed by atoms with van der Waals surface area (Å²) >= 11 is 0. The Morgan fingerprint density at radius 1 is 1.48 bits per heavy atom. The molecule has 1 aromatic heterocycles. The lowest BCUT2D eigenvalue weighted by Gasteiger charge is -2.35. The first kappa shape index (κ1) is 15.5. The molecule has 2 atom stereocenters. The number of carbonyl (C=O) groups is 1. The number of nitrogens with zero attached hydrogens (tertiary/aromatic N) is 2. The molecule has 1 aromatic rings. The zero-order valence-corrected chi connectivity index (χ0v) is 10.7. The number of nitrogen functional groups attached to an aromatic ring is 1. The van der Waals surface area contributed by atoms with Crippen LogP contribution in [0.3, 0.4) is 0 Å². The van der Waals surface area contributed by atoms with Crippen LogP contribution in [-0.4, -0.2) is 33.8 Å². The Hall–Kier alpha value is -1.91. The van der Waals surface area contributed by atoms with Crippen LogP contribution in [0.25, 0.3) is 0 Å². The van der Waals surface area contributed by atoms with Crippen molar-refractivity contribution in [2.75, 3.05) is 5.32 Å². The SMILES string of the molecule is C[C@H]1C[C@H](C(F)(F)C(F)(F)F)n2nc(C(=O)NN)cc2N1. The second kappa shape index (κ2) is 4.83. The fourth-order valence-electron chi connectivity index (χ4n) is 2.16. The number of hydrogen-bond donors (Lipinski definition) is 3. The quantitative estimate of drug-likeness (QED) is 0.334. The van der Waals surface area contributed by atoms with Gasteiger partial charge in [-0.05, 0) is 13.3 Å². The highest BCUT2D eigenvalue weighted by Gasteiger charge is 2.64. The summed E-state index contributed by atoms with van der Waals surface area (Å²) in [5, 5.41) is 6.19. The first-order valence-electron chi connectivity index (χ1n) is 5.89. The summed E-state index contributed by atoms with van der Waals surface area (Å²) in [6.07, 6.45) is -6.21. The van der Waals surface area contributed by atoms with Gasteiger partial charge in [0.05, 0.1) is 0 Å². The molecule has 0 saturated carbocycles. The molecule has 6 nitrogen and oxygen atoms in total. The van der Waals surface area contributed by atoms with Crippen molar-refractivity contribution in [1.82, 2.24) is 15.2 Å². The molecule has 0 aliphatic carbocycles. The van der Waals surface area contributed by atoms with Crippen molar-refractivity contribution < 1.29 is 26.7 Å². The average Bonchev–Trinajstić information content (AvgIpc) is 2.78. The monoisotopic (exact) mass is 313 g/mol. The maximum Gasteiger partial charge on any atom is 0.455 e. The molecular weight excluding hydrogens is 301 g/mol. The van der Waals surface area contributed by atoms with Crippen LogP contribution < -0.4 is 16.6 Å². The zero-order valence-electron chi connectivity index (χ0n) is 10.7. The third kappa shape index (κ3) is 2.52. The molecule has 0 radical (unpaired) electrons. The topological polar surface area (TPSA) is 85.0 Å². The van der Waals surface area contributed by atoms with E-state index in [1.165, 1.54) is 6.92 Å². The molecule has 21 heavy (non-hydrogen) atoms. The largest absolute Gasteiger partial charge is 0.455 e. The molecule has 4 N–H and O–H groups in total. The summed E-state index contributed by atoms with van der Waals surface area (Å²) in [6.45, 7) is 1.46. The summed E-state index contributed by atoms with van der Waals surface area (Å²) < 4.78 is 65.4. The third-order valence-electron chi connectivity index (χ3n) is 3.16. The Morgan fingerprint density at radius 3 is 2.62 bits per heavy atom. The van der Waals surface area contributed by atoms with Gasteiger partial charge < -0.3 is 5.32 Å². The number of rotatable bonds is 2. The number of amides is 1. The van der Waals surface area contributed by atoms with Crippen LogP contribution >= 0.6 is 0 Å². The van der Waals surface area contributed by atoms with E-state index in [0.29, 0.717) is 4.68 Å². The summed E-state index contributed by atoms with van der Waals surface area (Å²) in [7, 11) is 0. The Morgan fingerprint density at radius 2 is 2.10 bits per heavy atom. The molecule has 2 rings (SSSR count). The molecule has 0 saturated heterocycles. The summed E-state index contributed by atoms with van der Waals surface area (Å²) in [6, 6.07) is -1.80. The number of halogens is 5. The van der Waals surface area contributed by atoms with Gasteiger partial charge in [0.25, 0.3) is 5.91 Å². The number of alkyl halides is 5. The van der Waals surface area contributed by atoms with Crippen LogP contribution in [0.5, 0.6) is 0 Å². The second-order valence-electron chi connectivity index (χ2n) is 4.75. The first-order chi connectivity index (χ1) is 9.57. The lowest BCUT2D eigenvalue weighted by molar-refractivity contribution is -0.301. The highest BCUT2D eigenvalue weighted by molar-refractivity contribution is 5.92. The van der Waals surface area contributed by atoms with Gasteiger partial charge >= 0.3 is 12.1 Å². The normalized spacial score (nSPS) is 22.4. The highest BCUT2D eigenvalue weighted by Crippen LogP contribution is 2.47. The Kier molecular flexibility index (Phi) is 3.56. The van der Waals surface area contributed by atoms with E-state index < -0.39 is 36.5 Å². The molecule has 11 heteroatoms. The van der Waals surface area contributed by atoms with Gasteiger partial charge in [-0.25, -0.2) is 10.5 Å². The minimum absolute atomic E-state index is 0.0960. The maximum absolute atomic E-state index is 13.6. The van der Waals surface area contributed by atoms with E-state index in [1.807, 2.05) is 0 Å². The number of carbonyl (C=O) groups excluding carboxylic acids is 1. The first-order valence-corrected chi connectivity index (χ1v) is 5.89. The number of aromatic nitrogens is 2. The predicted molar refractivity (Wildman–Crippen MR) is 61.6 cm³/mol. The summed E-state index contributed by atoms with van der Waals surface area (Å²) in [4.78, 5) is 11.3. The third-order valence-corrected chi connectivity index (χ3v) is 3.16. The second-order valence-corrected chi connectivity index (χ2v) is 4.75. The van der Waals surface area contributed by atoms with E-state index in [0.717, 1.165) is 6.07 Å². The number of anilines is 1. The van der Waals surface area contributed by atoms with Crippen molar-refractivity contribution in [3.63, 3.8) is 0 Å². The molecule has 0 bridgehead atoms. The van der Waals surface area contributed by atoms with E-state index in [-0.39, 0.29) is 11.5 Å². The van der Waals surface area contributed by atoms with Crippen molar-refractivity contribution in [1.29, 1.82) is 0 Å². The molecule has 0 aromatic carbocycles. The van der Waals surface area contributed by atoms with Gasteiger partial charge in [-0.2, -0.15) is 27.1 Å². The van der Waals surface area contributed by atoms with Gasteiger partial charge in [0.15, 0.2) is 5.69 Å². The van der Waals surface area contributed by atoms with Crippen LogP contribution in [0.15, 0.2) is 6.07 Å². The Balaban J connectivity index is 2.48.